The Hall–Kier alpha value is -13.6. The average Bonchev–Trinajstić information content (AvgIpc) is 1.57. The lowest BCUT2D eigenvalue weighted by atomic mass is 9.75. The van der Waals surface area contributed by atoms with Crippen LogP contribution >= 0.6 is 0 Å². The van der Waals surface area contributed by atoms with Gasteiger partial charge in [-0.15, -0.1) is 0 Å². The van der Waals surface area contributed by atoms with E-state index in [1.54, 1.807) is 72.8 Å². The molecular formula is C102H88N4O12. The standard InChI is InChI=1S/2C51H44N2O6/c1-30-8-25-43-44(26-30)49(2,3)29-51(43,6)33-9-15-34(16-10-33)53-47(56)40-24-22-38(28-42(40)48(53)57)59-36-19-13-32(14-20-36)50(4,5)31-11-17-35(18-12-31)58-37-21-23-39-41(27-37)46(55)52(7)45(39)54;1-30-8-25-43-44(26-30)51(6,29-49(43,2)3)33-9-15-34(16-10-33)53-47(56)40-24-22-38(28-42(40)48(53)57)59-36-19-13-32(14-20-36)50(4,5)31-11-17-35(18-12-31)58-37-21-23-39-41(27-37)46(55)52(7)45(39)54/h2*8-28H,29H2,1-7H3. The third-order valence-electron chi connectivity index (χ3n) is 25.2. The van der Waals surface area contributed by atoms with E-state index in [1.807, 2.05) is 121 Å². The minimum Gasteiger partial charge on any atom is -0.457 e. The Balaban J connectivity index is 0.000000169. The maximum absolute atomic E-state index is 13.8. The summed E-state index contributed by atoms with van der Waals surface area (Å²) in [5, 5.41) is 0. The lowest BCUT2D eigenvalue weighted by Gasteiger charge is -2.29. The quantitative estimate of drug-likeness (QED) is 0.0835. The number of carbonyl (C=O) groups is 8. The van der Waals surface area contributed by atoms with Gasteiger partial charge >= 0.3 is 0 Å². The number of amides is 8. The van der Waals surface area contributed by atoms with Crippen molar-refractivity contribution < 1.29 is 57.3 Å². The van der Waals surface area contributed by atoms with E-state index in [-0.39, 0.29) is 79.7 Å². The Morgan fingerprint density at radius 3 is 0.847 bits per heavy atom. The van der Waals surface area contributed by atoms with Crippen molar-refractivity contribution in [3.05, 3.63) is 366 Å². The second-order valence-electron chi connectivity index (χ2n) is 34.8. The van der Waals surface area contributed by atoms with E-state index >= 15 is 0 Å². The van der Waals surface area contributed by atoms with Gasteiger partial charge in [0.25, 0.3) is 47.3 Å². The molecule has 4 heterocycles. The van der Waals surface area contributed by atoms with Gasteiger partial charge in [0.1, 0.15) is 46.0 Å². The Morgan fingerprint density at radius 2 is 0.517 bits per heavy atom. The number of fused-ring (bicyclic) bond motifs is 6. The molecule has 118 heavy (non-hydrogen) atoms. The van der Waals surface area contributed by atoms with Gasteiger partial charge in [0.2, 0.25) is 0 Å². The number of carbonyl (C=O) groups excluding carboxylic acids is 8. The van der Waals surface area contributed by atoms with Crippen molar-refractivity contribution in [2.75, 3.05) is 23.9 Å². The first kappa shape index (κ1) is 77.0. The molecule has 0 N–H and O–H groups in total. The van der Waals surface area contributed by atoms with Gasteiger partial charge in [-0.1, -0.05) is 190 Å². The van der Waals surface area contributed by atoms with E-state index < -0.39 is 0 Å². The van der Waals surface area contributed by atoms with Crippen LogP contribution in [0.1, 0.15) is 232 Å². The fourth-order valence-corrected chi connectivity index (χ4v) is 18.5. The first-order valence-corrected chi connectivity index (χ1v) is 39.7. The second kappa shape index (κ2) is 28.1. The van der Waals surface area contributed by atoms with Crippen molar-refractivity contribution in [2.45, 2.75) is 128 Å². The molecule has 0 aromatic heterocycles. The zero-order chi connectivity index (χ0) is 83.2. The van der Waals surface area contributed by atoms with E-state index in [1.165, 1.54) is 57.3 Å². The SMILES string of the molecule is Cc1ccc2c(c1)C(C)(C)CC2(C)c1ccc(N2C(=O)c3ccc(Oc4ccc(C(C)(C)c5ccc(Oc6ccc7c(c6)C(=O)N(C)C7=O)cc5)cc4)cc3C2=O)cc1.Cc1ccc2c(c1)C(C)(c1ccc(N3C(=O)c4ccc(Oc5ccc(C(C)(C)c6ccc(Oc7ccc8c(c7)C(=O)N(C)C8=O)cc6)cc5)cc4C3=O)cc1)CC2(C)C. The van der Waals surface area contributed by atoms with E-state index in [0.29, 0.717) is 102 Å². The van der Waals surface area contributed by atoms with Crippen LogP contribution in [0.25, 0.3) is 0 Å². The molecule has 0 radical (unpaired) electrons. The lowest BCUT2D eigenvalue weighted by Crippen LogP contribution is -2.29. The van der Waals surface area contributed by atoms with Crippen LogP contribution in [-0.2, 0) is 32.5 Å². The minimum atomic E-state index is -0.377. The Bertz CT molecular complexity index is 6260. The van der Waals surface area contributed by atoms with Gasteiger partial charge in [-0.3, -0.25) is 48.2 Å². The van der Waals surface area contributed by atoms with Gasteiger partial charge in [0, 0.05) is 35.8 Å². The molecule has 18 rings (SSSR count). The largest absolute Gasteiger partial charge is 0.457 e. The third kappa shape index (κ3) is 13.0. The summed E-state index contributed by atoms with van der Waals surface area (Å²) in [5.74, 6) is 1.50. The zero-order valence-electron chi connectivity index (χ0n) is 68.4. The third-order valence-corrected chi connectivity index (χ3v) is 25.2. The van der Waals surface area contributed by atoms with Crippen molar-refractivity contribution in [1.29, 1.82) is 0 Å². The first-order chi connectivity index (χ1) is 56.1. The Labute approximate surface area is 686 Å². The molecule has 4 aliphatic heterocycles. The van der Waals surface area contributed by atoms with E-state index in [0.717, 1.165) is 56.0 Å². The molecule has 0 spiro atoms. The molecule has 2 atom stereocenters. The summed E-state index contributed by atoms with van der Waals surface area (Å²) in [5.41, 5.74) is 17.2. The molecule has 0 fully saturated rings. The van der Waals surface area contributed by atoms with Crippen molar-refractivity contribution in [2.24, 2.45) is 0 Å². The second-order valence-corrected chi connectivity index (χ2v) is 34.8. The molecule has 16 heteroatoms. The fourth-order valence-electron chi connectivity index (χ4n) is 18.5. The Morgan fingerprint density at radius 1 is 0.263 bits per heavy atom. The molecule has 0 saturated carbocycles. The van der Waals surface area contributed by atoms with Crippen LogP contribution in [0.2, 0.25) is 0 Å². The van der Waals surface area contributed by atoms with Crippen LogP contribution < -0.4 is 28.7 Å². The molecule has 2 aliphatic carbocycles. The van der Waals surface area contributed by atoms with Crippen molar-refractivity contribution in [1.82, 2.24) is 9.80 Å². The number of hydrogen-bond donors (Lipinski definition) is 0. The van der Waals surface area contributed by atoms with Gasteiger partial charge in [-0.25, -0.2) is 9.80 Å². The maximum atomic E-state index is 13.8. The number of hydrogen-bond acceptors (Lipinski definition) is 12. The highest BCUT2D eigenvalue weighted by Crippen LogP contribution is 2.55. The molecule has 8 amide bonds. The maximum Gasteiger partial charge on any atom is 0.266 e. The van der Waals surface area contributed by atoms with Crippen LogP contribution in [0.3, 0.4) is 0 Å². The van der Waals surface area contributed by atoms with Crippen LogP contribution in [0.5, 0.6) is 46.0 Å². The summed E-state index contributed by atoms with van der Waals surface area (Å²) in [6.07, 6.45) is 1.93. The van der Waals surface area contributed by atoms with Gasteiger partial charge in [-0.05, 0) is 239 Å². The average molecular weight is 1560 g/mol. The first-order valence-electron chi connectivity index (χ1n) is 39.7. The van der Waals surface area contributed by atoms with Crippen LogP contribution in [0.4, 0.5) is 11.4 Å². The van der Waals surface area contributed by atoms with E-state index in [9.17, 15) is 38.4 Å². The van der Waals surface area contributed by atoms with Gasteiger partial charge in [0.05, 0.1) is 55.9 Å². The van der Waals surface area contributed by atoms with Crippen LogP contribution in [0.15, 0.2) is 255 Å². The molecule has 6 aliphatic rings. The molecule has 0 saturated heterocycles. The highest BCUT2D eigenvalue weighted by Gasteiger charge is 2.49. The molecule has 2 unspecified atom stereocenters. The van der Waals surface area contributed by atoms with Crippen LogP contribution in [0, 0.1) is 13.8 Å². The summed E-state index contributed by atoms with van der Waals surface area (Å²) in [7, 11) is 2.94. The summed E-state index contributed by atoms with van der Waals surface area (Å²) < 4.78 is 24.5. The van der Waals surface area contributed by atoms with E-state index in [4.69, 9.17) is 18.9 Å². The van der Waals surface area contributed by atoms with Crippen LogP contribution in [-0.4, -0.2) is 71.2 Å². The number of ether oxygens (including phenoxy) is 4. The molecule has 12 aromatic carbocycles. The highest BCUT2D eigenvalue weighted by molar-refractivity contribution is 6.35. The van der Waals surface area contributed by atoms with E-state index in [2.05, 4.69) is 144 Å². The lowest BCUT2D eigenvalue weighted by molar-refractivity contribution is 0.0677. The minimum absolute atomic E-state index is 0.0273. The molecule has 16 nitrogen and oxygen atoms in total. The number of rotatable bonds is 16. The molecule has 588 valence electrons. The Kier molecular flexibility index (Phi) is 18.3. The topological polar surface area (TPSA) is 186 Å². The van der Waals surface area contributed by atoms with Crippen molar-refractivity contribution in [3.8, 4) is 46.0 Å². The number of nitrogens with zero attached hydrogens (tertiary/aromatic N) is 4. The molecular weight excluding hydrogens is 1470 g/mol. The monoisotopic (exact) mass is 1560 g/mol. The van der Waals surface area contributed by atoms with Crippen molar-refractivity contribution in [3.63, 3.8) is 0 Å². The number of benzene rings is 12. The summed E-state index contributed by atoms with van der Waals surface area (Å²) in [6, 6.07) is 80.3. The predicted molar refractivity (Wildman–Crippen MR) is 455 cm³/mol. The molecule has 12 aromatic rings. The van der Waals surface area contributed by atoms with Gasteiger partial charge < -0.3 is 18.9 Å². The smallest absolute Gasteiger partial charge is 0.266 e. The number of anilines is 2. The van der Waals surface area contributed by atoms with Gasteiger partial charge in [-0.2, -0.15) is 0 Å². The van der Waals surface area contributed by atoms with Gasteiger partial charge in [0.15, 0.2) is 0 Å². The predicted octanol–water partition coefficient (Wildman–Crippen LogP) is 21.8. The molecule has 0 bridgehead atoms. The summed E-state index contributed by atoms with van der Waals surface area (Å²) in [4.78, 5) is 109. The summed E-state index contributed by atoms with van der Waals surface area (Å²) in [6.45, 7) is 26.6. The fraction of sp³-hybridized carbons (Fsp3) is 0.216. The van der Waals surface area contributed by atoms with Crippen molar-refractivity contribution >= 4 is 58.6 Å². The summed E-state index contributed by atoms with van der Waals surface area (Å²) >= 11 is 0. The zero-order valence-corrected chi connectivity index (χ0v) is 68.4. The number of aryl methyl sites for hydroxylation is 2. The highest BCUT2D eigenvalue weighted by atomic mass is 16.5. The normalized spacial score (nSPS) is 17.9. The number of imide groups is 4.